The topological polar surface area (TPSA) is 72.5 Å². The van der Waals surface area contributed by atoms with Crippen LogP contribution in [-0.2, 0) is 0 Å². The highest BCUT2D eigenvalue weighted by Gasteiger charge is 2.13. The molecule has 0 aliphatic carbocycles. The van der Waals surface area contributed by atoms with Crippen LogP contribution in [0, 0.1) is 0 Å². The Bertz CT molecular complexity index is 415. The van der Waals surface area contributed by atoms with Gasteiger partial charge in [0.25, 0.3) is 0 Å². The molecule has 1 aromatic carbocycles. The number of hydrogen-bond donors (Lipinski definition) is 2. The van der Waals surface area contributed by atoms with Crippen molar-refractivity contribution < 1.29 is 14.6 Å². The first kappa shape index (κ1) is 11.4. The number of allylic oxidation sites excluding steroid dienone is 1. The van der Waals surface area contributed by atoms with Crippen LogP contribution in [0.15, 0.2) is 24.5 Å². The van der Waals surface area contributed by atoms with Crippen molar-refractivity contribution in [2.24, 2.45) is 0 Å². The van der Waals surface area contributed by atoms with Gasteiger partial charge in [-0.1, -0.05) is 17.7 Å². The van der Waals surface area contributed by atoms with Crippen LogP contribution >= 0.6 is 11.6 Å². The Kier molecular flexibility index (Phi) is 3.57. The summed E-state index contributed by atoms with van der Waals surface area (Å²) in [6.45, 7) is 1.75. The molecule has 0 heterocycles. The molecule has 0 bridgehead atoms. The lowest BCUT2D eigenvalue weighted by atomic mass is 10.2. The molecule has 1 rings (SSSR count). The van der Waals surface area contributed by atoms with Crippen LogP contribution in [-0.4, -0.2) is 11.1 Å². The molecular weight excluding hydrogens is 218 g/mol. The molecule has 0 radical (unpaired) electrons. The van der Waals surface area contributed by atoms with E-state index in [2.05, 4.69) is 0 Å². The van der Waals surface area contributed by atoms with E-state index in [9.17, 15) is 4.79 Å². The first-order valence-electron chi connectivity index (χ1n) is 4.16. The molecule has 0 fully saturated rings. The fourth-order valence-corrected chi connectivity index (χ4v) is 1.14. The highest BCUT2D eigenvalue weighted by atomic mass is 35.5. The number of nitrogen functional groups attached to an aromatic ring is 1. The van der Waals surface area contributed by atoms with Gasteiger partial charge in [0, 0.05) is 6.07 Å². The molecule has 3 N–H and O–H groups in total. The summed E-state index contributed by atoms with van der Waals surface area (Å²) >= 11 is 5.70. The summed E-state index contributed by atoms with van der Waals surface area (Å²) < 4.78 is 5.08. The number of rotatable bonds is 3. The Labute approximate surface area is 91.9 Å². The molecule has 5 heteroatoms. The normalized spacial score (nSPS) is 10.5. The molecule has 80 valence electrons. The van der Waals surface area contributed by atoms with Crippen LogP contribution < -0.4 is 10.5 Å². The lowest BCUT2D eigenvalue weighted by Gasteiger charge is -2.07. The van der Waals surface area contributed by atoms with Crippen molar-refractivity contribution in [2.45, 2.75) is 6.92 Å². The summed E-state index contributed by atoms with van der Waals surface area (Å²) in [5.74, 6) is -0.945. The van der Waals surface area contributed by atoms with Gasteiger partial charge in [0.1, 0.15) is 11.3 Å². The van der Waals surface area contributed by atoms with Crippen molar-refractivity contribution in [2.75, 3.05) is 5.73 Å². The van der Waals surface area contributed by atoms with Crippen molar-refractivity contribution >= 4 is 23.3 Å². The van der Waals surface area contributed by atoms with Crippen molar-refractivity contribution in [3.63, 3.8) is 0 Å². The van der Waals surface area contributed by atoms with E-state index in [-0.39, 0.29) is 22.0 Å². The van der Waals surface area contributed by atoms with Gasteiger partial charge in [-0.05, 0) is 13.0 Å². The van der Waals surface area contributed by atoms with E-state index in [1.54, 1.807) is 13.0 Å². The Morgan fingerprint density at radius 2 is 2.27 bits per heavy atom. The Morgan fingerprint density at radius 3 is 2.80 bits per heavy atom. The van der Waals surface area contributed by atoms with Crippen LogP contribution in [0.3, 0.4) is 0 Å². The number of ether oxygens (including phenoxy) is 1. The largest absolute Gasteiger partial charge is 0.478 e. The van der Waals surface area contributed by atoms with Gasteiger partial charge in [-0.2, -0.15) is 0 Å². The summed E-state index contributed by atoms with van der Waals surface area (Å²) in [6.07, 6.45) is 3.01. The minimum absolute atomic E-state index is 0.0210. The highest BCUT2D eigenvalue weighted by molar-refractivity contribution is 6.33. The first-order chi connectivity index (χ1) is 7.06. The molecule has 15 heavy (non-hydrogen) atoms. The average Bonchev–Trinajstić information content (AvgIpc) is 2.19. The predicted octanol–water partition coefficient (Wildman–Crippen LogP) is 2.53. The molecule has 0 spiro atoms. The molecule has 1 aromatic rings. The summed E-state index contributed by atoms with van der Waals surface area (Å²) in [6, 6.07) is 2.64. The van der Waals surface area contributed by atoms with Gasteiger partial charge in [0.05, 0.1) is 17.0 Å². The summed E-state index contributed by atoms with van der Waals surface area (Å²) in [4.78, 5) is 10.8. The van der Waals surface area contributed by atoms with Gasteiger partial charge in [0.15, 0.2) is 0 Å². The van der Waals surface area contributed by atoms with Gasteiger partial charge in [-0.15, -0.1) is 0 Å². The number of aromatic carboxylic acids is 1. The van der Waals surface area contributed by atoms with Crippen LogP contribution in [0.2, 0.25) is 5.02 Å². The van der Waals surface area contributed by atoms with Gasteiger partial charge in [-0.25, -0.2) is 4.79 Å². The zero-order chi connectivity index (χ0) is 11.4. The lowest BCUT2D eigenvalue weighted by molar-refractivity contribution is 0.0694. The smallest absolute Gasteiger partial charge is 0.339 e. The van der Waals surface area contributed by atoms with E-state index in [0.717, 1.165) is 0 Å². The molecule has 0 aromatic heterocycles. The van der Waals surface area contributed by atoms with Crippen LogP contribution in [0.25, 0.3) is 0 Å². The number of benzene rings is 1. The minimum Gasteiger partial charge on any atom is -0.478 e. The second-order valence-corrected chi connectivity index (χ2v) is 3.17. The minimum atomic E-state index is -1.11. The summed E-state index contributed by atoms with van der Waals surface area (Å²) in [5, 5.41) is 9.07. The first-order valence-corrected chi connectivity index (χ1v) is 4.54. The van der Waals surface area contributed by atoms with E-state index in [0.29, 0.717) is 0 Å². The Balaban J connectivity index is 3.21. The quantitative estimate of drug-likeness (QED) is 0.615. The van der Waals surface area contributed by atoms with Crippen LogP contribution in [0.1, 0.15) is 17.3 Å². The molecule has 0 amide bonds. The molecule has 0 aliphatic heterocycles. The van der Waals surface area contributed by atoms with E-state index in [1.165, 1.54) is 18.4 Å². The van der Waals surface area contributed by atoms with Crippen molar-refractivity contribution in [1.29, 1.82) is 0 Å². The number of anilines is 1. The predicted molar refractivity (Wildman–Crippen MR) is 58.3 cm³/mol. The van der Waals surface area contributed by atoms with E-state index >= 15 is 0 Å². The molecule has 0 saturated carbocycles. The van der Waals surface area contributed by atoms with E-state index in [4.69, 9.17) is 27.2 Å². The van der Waals surface area contributed by atoms with Gasteiger partial charge < -0.3 is 15.6 Å². The summed E-state index contributed by atoms with van der Waals surface area (Å²) in [5.41, 5.74) is 5.79. The molecule has 0 atom stereocenters. The monoisotopic (exact) mass is 227 g/mol. The van der Waals surface area contributed by atoms with Gasteiger partial charge >= 0.3 is 5.97 Å². The number of carboxylic acid groups (broad SMARTS) is 1. The second-order valence-electron chi connectivity index (χ2n) is 2.76. The molecule has 4 nitrogen and oxygen atoms in total. The third kappa shape index (κ3) is 2.63. The fraction of sp³-hybridized carbons (Fsp3) is 0.100. The third-order valence-electron chi connectivity index (χ3n) is 1.66. The van der Waals surface area contributed by atoms with Crippen molar-refractivity contribution in [3.05, 3.63) is 35.1 Å². The van der Waals surface area contributed by atoms with Crippen LogP contribution in [0.5, 0.6) is 5.75 Å². The number of halogens is 1. The number of nitrogens with two attached hydrogens (primary N) is 1. The zero-order valence-corrected chi connectivity index (χ0v) is 8.78. The maximum absolute atomic E-state index is 10.8. The number of hydrogen-bond acceptors (Lipinski definition) is 3. The second kappa shape index (κ2) is 4.70. The van der Waals surface area contributed by atoms with Gasteiger partial charge in [0.2, 0.25) is 0 Å². The molecule has 0 saturated heterocycles. The SMILES string of the molecule is CC=COc1cc(N)c(Cl)cc1C(=O)O. The van der Waals surface area contributed by atoms with E-state index in [1.807, 2.05) is 0 Å². The standard InChI is InChI=1S/C10H10ClNO3/c1-2-3-15-9-5-8(12)7(11)4-6(9)10(13)14/h2-5H,12H2,1H3,(H,13,14). The lowest BCUT2D eigenvalue weighted by Crippen LogP contribution is -2.01. The molecule has 0 unspecified atom stereocenters. The number of carboxylic acids is 1. The van der Waals surface area contributed by atoms with Crippen molar-refractivity contribution in [3.8, 4) is 5.75 Å². The maximum Gasteiger partial charge on any atom is 0.339 e. The molecular formula is C10H10ClNO3. The van der Waals surface area contributed by atoms with Crippen LogP contribution in [0.4, 0.5) is 5.69 Å². The maximum atomic E-state index is 10.8. The van der Waals surface area contributed by atoms with Crippen molar-refractivity contribution in [1.82, 2.24) is 0 Å². The fourth-order valence-electron chi connectivity index (χ4n) is 0.975. The Morgan fingerprint density at radius 1 is 1.60 bits per heavy atom. The highest BCUT2D eigenvalue weighted by Crippen LogP contribution is 2.29. The molecule has 0 aliphatic rings. The van der Waals surface area contributed by atoms with E-state index < -0.39 is 5.97 Å². The average molecular weight is 228 g/mol. The summed E-state index contributed by atoms with van der Waals surface area (Å²) in [7, 11) is 0. The number of carbonyl (C=O) groups is 1. The van der Waals surface area contributed by atoms with Gasteiger partial charge in [-0.3, -0.25) is 0 Å². The zero-order valence-electron chi connectivity index (χ0n) is 8.03. The third-order valence-corrected chi connectivity index (χ3v) is 1.99. The Hall–Kier alpha value is -1.68.